The van der Waals surface area contributed by atoms with Gasteiger partial charge in [0.25, 0.3) is 5.56 Å². The predicted octanol–water partition coefficient (Wildman–Crippen LogP) is 1.24. The smallest absolute Gasteiger partial charge is 0.310 e. The van der Waals surface area contributed by atoms with Crippen molar-refractivity contribution in [1.29, 1.82) is 0 Å². The summed E-state index contributed by atoms with van der Waals surface area (Å²) in [6, 6.07) is 3.27. The molecule has 14 heavy (non-hydrogen) atoms. The summed E-state index contributed by atoms with van der Waals surface area (Å²) in [6.45, 7) is 2.05. The number of rotatable bonds is 3. The fraction of sp³-hybridized carbons (Fsp3) is 0.333. The second-order valence-corrected chi connectivity index (χ2v) is 3.50. The highest BCUT2D eigenvalue weighted by molar-refractivity contribution is 9.10. The Labute approximate surface area is 89.4 Å². The Morgan fingerprint density at radius 2 is 2.29 bits per heavy atom. The van der Waals surface area contributed by atoms with Gasteiger partial charge in [0.05, 0.1) is 17.6 Å². The lowest BCUT2D eigenvalue weighted by atomic mass is 10.2. The van der Waals surface area contributed by atoms with Gasteiger partial charge in [-0.1, -0.05) is 6.07 Å². The summed E-state index contributed by atoms with van der Waals surface area (Å²) < 4.78 is 5.32. The van der Waals surface area contributed by atoms with Crippen LogP contribution in [0.25, 0.3) is 0 Å². The van der Waals surface area contributed by atoms with Gasteiger partial charge >= 0.3 is 5.97 Å². The summed E-state index contributed by atoms with van der Waals surface area (Å²) >= 11 is 3.12. The fourth-order valence-corrected chi connectivity index (χ4v) is 1.30. The Morgan fingerprint density at radius 1 is 1.57 bits per heavy atom. The van der Waals surface area contributed by atoms with E-state index in [0.717, 1.165) is 0 Å². The van der Waals surface area contributed by atoms with Crippen molar-refractivity contribution in [2.24, 2.45) is 0 Å². The minimum absolute atomic E-state index is 0.0104. The van der Waals surface area contributed by atoms with Crippen LogP contribution < -0.4 is 5.56 Å². The zero-order valence-corrected chi connectivity index (χ0v) is 9.26. The lowest BCUT2D eigenvalue weighted by molar-refractivity contribution is -0.142. The van der Waals surface area contributed by atoms with Gasteiger partial charge in [0.15, 0.2) is 0 Å². The zero-order chi connectivity index (χ0) is 10.6. The SMILES string of the molecule is CCOC(=O)Cc1ccc(Br)[nH]c1=O. The number of aromatic amines is 1. The monoisotopic (exact) mass is 259 g/mol. The van der Waals surface area contributed by atoms with Gasteiger partial charge < -0.3 is 9.72 Å². The molecule has 0 radical (unpaired) electrons. The number of hydrogen-bond acceptors (Lipinski definition) is 3. The molecule has 0 aliphatic heterocycles. The molecule has 0 aliphatic carbocycles. The topological polar surface area (TPSA) is 59.2 Å². The second-order valence-electron chi connectivity index (χ2n) is 2.64. The Bertz CT molecular complexity index is 386. The van der Waals surface area contributed by atoms with Crippen LogP contribution in [0.15, 0.2) is 21.5 Å². The second kappa shape index (κ2) is 4.95. The molecule has 0 spiro atoms. The maximum absolute atomic E-state index is 11.3. The molecule has 0 saturated heterocycles. The largest absolute Gasteiger partial charge is 0.466 e. The third-order valence-corrected chi connectivity index (χ3v) is 2.06. The Balaban J connectivity index is 2.77. The van der Waals surface area contributed by atoms with Crippen molar-refractivity contribution < 1.29 is 9.53 Å². The molecule has 5 heteroatoms. The molecule has 1 aromatic heterocycles. The molecular formula is C9H10BrNO3. The molecule has 1 N–H and O–H groups in total. The Kier molecular flexibility index (Phi) is 3.88. The van der Waals surface area contributed by atoms with Gasteiger partial charge in [-0.2, -0.15) is 0 Å². The average molecular weight is 260 g/mol. The van der Waals surface area contributed by atoms with E-state index in [1.807, 2.05) is 0 Å². The normalized spacial score (nSPS) is 9.86. The minimum atomic E-state index is -0.389. The number of pyridine rings is 1. The quantitative estimate of drug-likeness (QED) is 0.657. The molecule has 0 saturated carbocycles. The van der Waals surface area contributed by atoms with Crippen LogP contribution >= 0.6 is 15.9 Å². The van der Waals surface area contributed by atoms with E-state index in [0.29, 0.717) is 16.8 Å². The molecule has 1 rings (SSSR count). The third kappa shape index (κ3) is 2.99. The van der Waals surface area contributed by atoms with Crippen molar-refractivity contribution >= 4 is 21.9 Å². The highest BCUT2D eigenvalue weighted by atomic mass is 79.9. The molecule has 0 fully saturated rings. The van der Waals surface area contributed by atoms with Crippen molar-refractivity contribution in [2.45, 2.75) is 13.3 Å². The van der Waals surface area contributed by atoms with Gasteiger partial charge in [-0.3, -0.25) is 9.59 Å². The highest BCUT2D eigenvalue weighted by Crippen LogP contribution is 2.03. The molecule has 0 unspecified atom stereocenters. The number of halogens is 1. The van der Waals surface area contributed by atoms with Gasteiger partial charge in [-0.15, -0.1) is 0 Å². The van der Waals surface area contributed by atoms with Crippen molar-refractivity contribution in [1.82, 2.24) is 4.98 Å². The first kappa shape index (κ1) is 11.0. The van der Waals surface area contributed by atoms with E-state index in [4.69, 9.17) is 4.74 Å². The highest BCUT2D eigenvalue weighted by Gasteiger charge is 2.07. The van der Waals surface area contributed by atoms with E-state index in [1.165, 1.54) is 0 Å². The number of aromatic nitrogens is 1. The number of ether oxygens (including phenoxy) is 1. The van der Waals surface area contributed by atoms with Crippen molar-refractivity contribution in [3.8, 4) is 0 Å². The molecule has 1 heterocycles. The number of carbonyl (C=O) groups is 1. The molecule has 0 atom stereocenters. The van der Waals surface area contributed by atoms with E-state index in [2.05, 4.69) is 20.9 Å². The van der Waals surface area contributed by atoms with Crippen LogP contribution in [0.1, 0.15) is 12.5 Å². The summed E-state index contributed by atoms with van der Waals surface area (Å²) in [6.07, 6.45) is 0.0104. The maximum Gasteiger partial charge on any atom is 0.310 e. The predicted molar refractivity (Wildman–Crippen MR) is 55.1 cm³/mol. The average Bonchev–Trinajstić information content (AvgIpc) is 2.10. The molecule has 1 aromatic rings. The molecule has 0 amide bonds. The first-order chi connectivity index (χ1) is 6.63. The molecule has 0 bridgehead atoms. The summed E-state index contributed by atoms with van der Waals surface area (Å²) in [7, 11) is 0. The molecular weight excluding hydrogens is 250 g/mol. The van der Waals surface area contributed by atoms with Crippen LogP contribution in [0, 0.1) is 0 Å². The van der Waals surface area contributed by atoms with Gasteiger partial charge in [-0.05, 0) is 28.9 Å². The molecule has 0 aliphatic rings. The van der Waals surface area contributed by atoms with Crippen molar-refractivity contribution in [2.75, 3.05) is 6.61 Å². The van der Waals surface area contributed by atoms with Crippen molar-refractivity contribution in [3.63, 3.8) is 0 Å². The first-order valence-electron chi connectivity index (χ1n) is 4.16. The van der Waals surface area contributed by atoms with Crippen LogP contribution in [-0.2, 0) is 16.0 Å². The van der Waals surface area contributed by atoms with E-state index < -0.39 is 0 Å². The van der Waals surface area contributed by atoms with Crippen LogP contribution in [0.5, 0.6) is 0 Å². The number of hydrogen-bond donors (Lipinski definition) is 1. The third-order valence-electron chi connectivity index (χ3n) is 1.60. The molecule has 76 valence electrons. The zero-order valence-electron chi connectivity index (χ0n) is 7.67. The number of esters is 1. The summed E-state index contributed by atoms with van der Waals surface area (Å²) in [5.74, 6) is -0.389. The van der Waals surface area contributed by atoms with Gasteiger partial charge in [0.1, 0.15) is 0 Å². The van der Waals surface area contributed by atoms with E-state index in [1.54, 1.807) is 19.1 Å². The fourth-order valence-electron chi connectivity index (χ4n) is 0.987. The lowest BCUT2D eigenvalue weighted by Gasteiger charge is -2.00. The lowest BCUT2D eigenvalue weighted by Crippen LogP contribution is -2.17. The van der Waals surface area contributed by atoms with E-state index in [-0.39, 0.29) is 17.9 Å². The minimum Gasteiger partial charge on any atom is -0.466 e. The van der Waals surface area contributed by atoms with Gasteiger partial charge in [0.2, 0.25) is 0 Å². The molecule has 4 nitrogen and oxygen atoms in total. The maximum atomic E-state index is 11.3. The summed E-state index contributed by atoms with van der Waals surface area (Å²) in [5, 5.41) is 0. The Hall–Kier alpha value is -1.10. The van der Waals surface area contributed by atoms with Crippen LogP contribution in [0.2, 0.25) is 0 Å². The first-order valence-corrected chi connectivity index (χ1v) is 4.96. The summed E-state index contributed by atoms with van der Waals surface area (Å²) in [5.41, 5.74) is 0.138. The number of H-pyrrole nitrogens is 1. The summed E-state index contributed by atoms with van der Waals surface area (Å²) in [4.78, 5) is 24.9. The van der Waals surface area contributed by atoms with Crippen molar-refractivity contribution in [3.05, 3.63) is 32.7 Å². The molecule has 0 aromatic carbocycles. The van der Waals surface area contributed by atoms with Crippen LogP contribution in [0.4, 0.5) is 0 Å². The number of carbonyl (C=O) groups excluding carboxylic acids is 1. The van der Waals surface area contributed by atoms with E-state index >= 15 is 0 Å². The van der Waals surface area contributed by atoms with Gasteiger partial charge in [-0.25, -0.2) is 0 Å². The standard InChI is InChI=1S/C9H10BrNO3/c1-2-14-8(12)5-6-3-4-7(10)11-9(6)13/h3-4H,2,5H2,1H3,(H,11,13). The van der Waals surface area contributed by atoms with Crippen LogP contribution in [-0.4, -0.2) is 17.6 Å². The van der Waals surface area contributed by atoms with Crippen LogP contribution in [0.3, 0.4) is 0 Å². The van der Waals surface area contributed by atoms with Gasteiger partial charge in [0, 0.05) is 5.56 Å². The Morgan fingerprint density at radius 3 is 2.86 bits per heavy atom. The number of nitrogens with one attached hydrogen (secondary N) is 1. The van der Waals surface area contributed by atoms with E-state index in [9.17, 15) is 9.59 Å².